The number of anilines is 1. The topological polar surface area (TPSA) is 58.9 Å². The minimum Gasteiger partial charge on any atom is -0.367 e. The number of aromatic nitrogens is 4. The molecule has 2 aromatic rings. The van der Waals surface area contributed by atoms with E-state index < -0.39 is 11.9 Å². The number of hydrogen-bond donors (Lipinski definition) is 1. The molecule has 1 N–H and O–H groups in total. The van der Waals surface area contributed by atoms with Gasteiger partial charge in [0.1, 0.15) is 17.8 Å². The maximum Gasteiger partial charge on any atom is 0.433 e. The van der Waals surface area contributed by atoms with E-state index in [0.717, 1.165) is 57.7 Å². The van der Waals surface area contributed by atoms with Crippen LogP contribution in [0.2, 0.25) is 0 Å². The van der Waals surface area contributed by atoms with Gasteiger partial charge in [0.05, 0.1) is 11.4 Å². The molecule has 2 aromatic heterocycles. The van der Waals surface area contributed by atoms with Crippen LogP contribution >= 0.6 is 0 Å². The molecule has 0 unspecified atom stereocenters. The van der Waals surface area contributed by atoms with Crippen molar-refractivity contribution in [1.29, 1.82) is 0 Å². The van der Waals surface area contributed by atoms with Crippen LogP contribution in [-0.4, -0.2) is 43.8 Å². The van der Waals surface area contributed by atoms with Gasteiger partial charge < -0.3 is 5.32 Å². The standard InChI is InChI=1S/C19H25F3N6/c1-27-16(14-4-2-3-5-15(14)26-27)11-28-8-6-13(7-9-28)25-18-10-17(19(20,21)22)23-12-24-18/h10,12-13H,2-9,11H2,1H3,(H,23,24,25). The molecular formula is C19H25F3N6. The number of alkyl halides is 3. The summed E-state index contributed by atoms with van der Waals surface area (Å²) in [7, 11) is 2.02. The van der Waals surface area contributed by atoms with Gasteiger partial charge in [-0.05, 0) is 44.1 Å². The zero-order valence-electron chi connectivity index (χ0n) is 16.0. The highest BCUT2D eigenvalue weighted by atomic mass is 19.4. The number of halogens is 3. The summed E-state index contributed by atoms with van der Waals surface area (Å²) < 4.78 is 40.4. The molecule has 0 atom stereocenters. The van der Waals surface area contributed by atoms with E-state index in [2.05, 4.69) is 25.3 Å². The van der Waals surface area contributed by atoms with Crippen LogP contribution in [0.4, 0.5) is 19.0 Å². The van der Waals surface area contributed by atoms with E-state index >= 15 is 0 Å². The Balaban J connectivity index is 1.34. The fourth-order valence-corrected chi connectivity index (χ4v) is 4.19. The average Bonchev–Trinajstić information content (AvgIpc) is 2.98. The SMILES string of the molecule is Cn1nc2c(c1CN1CCC(Nc3cc(C(F)(F)F)ncn3)CC1)CCCC2. The summed E-state index contributed by atoms with van der Waals surface area (Å²) in [4.78, 5) is 9.66. The smallest absolute Gasteiger partial charge is 0.367 e. The van der Waals surface area contributed by atoms with Gasteiger partial charge in [-0.2, -0.15) is 18.3 Å². The molecule has 1 saturated heterocycles. The zero-order valence-corrected chi connectivity index (χ0v) is 16.0. The second kappa shape index (κ2) is 7.69. The highest BCUT2D eigenvalue weighted by molar-refractivity contribution is 5.37. The molecular weight excluding hydrogens is 369 g/mol. The fourth-order valence-electron chi connectivity index (χ4n) is 4.19. The van der Waals surface area contributed by atoms with E-state index in [0.29, 0.717) is 0 Å². The van der Waals surface area contributed by atoms with Gasteiger partial charge in [-0.15, -0.1) is 0 Å². The molecule has 1 fully saturated rings. The minimum absolute atomic E-state index is 0.118. The summed E-state index contributed by atoms with van der Waals surface area (Å²) in [6, 6.07) is 1.10. The van der Waals surface area contributed by atoms with Gasteiger partial charge in [0.25, 0.3) is 0 Å². The minimum atomic E-state index is -4.45. The first kappa shape index (κ1) is 19.2. The normalized spacial score (nSPS) is 18.9. The molecule has 9 heteroatoms. The van der Waals surface area contributed by atoms with Crippen molar-refractivity contribution in [2.45, 2.75) is 57.3 Å². The van der Waals surface area contributed by atoms with Gasteiger partial charge in [-0.1, -0.05) is 0 Å². The first-order valence-corrected chi connectivity index (χ1v) is 9.82. The highest BCUT2D eigenvalue weighted by Crippen LogP contribution is 2.29. The van der Waals surface area contributed by atoms with Gasteiger partial charge in [0, 0.05) is 38.8 Å². The van der Waals surface area contributed by atoms with Gasteiger partial charge >= 0.3 is 6.18 Å². The Labute approximate surface area is 162 Å². The maximum atomic E-state index is 12.8. The molecule has 0 amide bonds. The molecule has 0 spiro atoms. The number of nitrogens with one attached hydrogen (secondary N) is 1. The monoisotopic (exact) mass is 394 g/mol. The lowest BCUT2D eigenvalue weighted by molar-refractivity contribution is -0.141. The number of fused-ring (bicyclic) bond motifs is 1. The Kier molecular flexibility index (Phi) is 5.27. The summed E-state index contributed by atoms with van der Waals surface area (Å²) in [5.74, 6) is 0.237. The molecule has 152 valence electrons. The van der Waals surface area contributed by atoms with Crippen LogP contribution in [0, 0.1) is 0 Å². The van der Waals surface area contributed by atoms with E-state index in [1.807, 2.05) is 11.7 Å². The van der Waals surface area contributed by atoms with Crippen LogP contribution in [0.1, 0.15) is 48.3 Å². The van der Waals surface area contributed by atoms with Crippen molar-refractivity contribution >= 4 is 5.82 Å². The number of aryl methyl sites for hydroxylation is 2. The first-order valence-electron chi connectivity index (χ1n) is 9.82. The average molecular weight is 394 g/mol. The van der Waals surface area contributed by atoms with Crippen molar-refractivity contribution in [3.8, 4) is 0 Å². The summed E-state index contributed by atoms with van der Waals surface area (Å²) in [5.41, 5.74) is 3.08. The number of rotatable bonds is 4. The van der Waals surface area contributed by atoms with Crippen LogP contribution in [-0.2, 0) is 32.6 Å². The van der Waals surface area contributed by atoms with Crippen LogP contribution < -0.4 is 5.32 Å². The predicted molar refractivity (Wildman–Crippen MR) is 98.8 cm³/mol. The van der Waals surface area contributed by atoms with Crippen molar-refractivity contribution in [1.82, 2.24) is 24.6 Å². The summed E-state index contributed by atoms with van der Waals surface area (Å²) in [6.45, 7) is 2.68. The number of piperidine rings is 1. The lowest BCUT2D eigenvalue weighted by Crippen LogP contribution is -2.39. The third kappa shape index (κ3) is 4.14. The van der Waals surface area contributed by atoms with Gasteiger partial charge in [0.15, 0.2) is 0 Å². The molecule has 1 aliphatic carbocycles. The molecule has 6 nitrogen and oxygen atoms in total. The van der Waals surface area contributed by atoms with Gasteiger partial charge in [-0.25, -0.2) is 9.97 Å². The van der Waals surface area contributed by atoms with E-state index in [1.165, 1.54) is 29.8 Å². The molecule has 3 heterocycles. The molecule has 2 aliphatic rings. The molecule has 28 heavy (non-hydrogen) atoms. The molecule has 0 bridgehead atoms. The quantitative estimate of drug-likeness (QED) is 0.863. The van der Waals surface area contributed by atoms with Crippen LogP contribution in [0.15, 0.2) is 12.4 Å². The second-order valence-electron chi connectivity index (χ2n) is 7.68. The van der Waals surface area contributed by atoms with Gasteiger partial charge in [0.2, 0.25) is 0 Å². The lowest BCUT2D eigenvalue weighted by atomic mass is 9.95. The second-order valence-corrected chi connectivity index (χ2v) is 7.68. The van der Waals surface area contributed by atoms with Crippen molar-refractivity contribution in [3.05, 3.63) is 35.0 Å². The van der Waals surface area contributed by atoms with E-state index in [4.69, 9.17) is 0 Å². The van der Waals surface area contributed by atoms with Crippen molar-refractivity contribution < 1.29 is 13.2 Å². The predicted octanol–water partition coefficient (Wildman–Crippen LogP) is 3.18. The van der Waals surface area contributed by atoms with E-state index in [9.17, 15) is 13.2 Å². The van der Waals surface area contributed by atoms with Crippen molar-refractivity contribution in [2.75, 3.05) is 18.4 Å². The van der Waals surface area contributed by atoms with Gasteiger partial charge in [-0.3, -0.25) is 9.58 Å². The Hall–Kier alpha value is -2.16. The zero-order chi connectivity index (χ0) is 19.7. The summed E-state index contributed by atoms with van der Waals surface area (Å²) in [6.07, 6.45) is 2.89. The highest BCUT2D eigenvalue weighted by Gasteiger charge is 2.33. The van der Waals surface area contributed by atoms with E-state index in [1.54, 1.807) is 0 Å². The number of nitrogens with zero attached hydrogens (tertiary/aromatic N) is 5. The first-order chi connectivity index (χ1) is 13.4. The Morgan fingerprint density at radius 2 is 1.89 bits per heavy atom. The fraction of sp³-hybridized carbons (Fsp3) is 0.632. The molecule has 1 aliphatic heterocycles. The summed E-state index contributed by atoms with van der Waals surface area (Å²) in [5, 5.41) is 7.83. The van der Waals surface area contributed by atoms with Crippen molar-refractivity contribution in [2.24, 2.45) is 7.05 Å². The molecule has 4 rings (SSSR count). The maximum absolute atomic E-state index is 12.8. The van der Waals surface area contributed by atoms with Crippen molar-refractivity contribution in [3.63, 3.8) is 0 Å². The Bertz CT molecular complexity index is 824. The van der Waals surface area contributed by atoms with E-state index in [-0.39, 0.29) is 11.9 Å². The Morgan fingerprint density at radius 3 is 2.64 bits per heavy atom. The molecule has 0 saturated carbocycles. The summed E-state index contributed by atoms with van der Waals surface area (Å²) >= 11 is 0. The third-order valence-corrected chi connectivity index (χ3v) is 5.72. The molecule has 0 aromatic carbocycles. The van der Waals surface area contributed by atoms with Crippen LogP contribution in [0.25, 0.3) is 0 Å². The van der Waals surface area contributed by atoms with Crippen LogP contribution in [0.3, 0.4) is 0 Å². The van der Waals surface area contributed by atoms with Crippen LogP contribution in [0.5, 0.6) is 0 Å². The lowest BCUT2D eigenvalue weighted by Gasteiger charge is -2.32. The number of hydrogen-bond acceptors (Lipinski definition) is 5. The molecule has 0 radical (unpaired) electrons. The largest absolute Gasteiger partial charge is 0.433 e. The Morgan fingerprint density at radius 1 is 1.14 bits per heavy atom. The third-order valence-electron chi connectivity index (χ3n) is 5.72. The number of likely N-dealkylation sites (tertiary alicyclic amines) is 1.